The van der Waals surface area contributed by atoms with Crippen LogP contribution in [0.2, 0.25) is 0 Å². The van der Waals surface area contributed by atoms with Gasteiger partial charge in [-0.15, -0.1) is 0 Å². The molecule has 1 aromatic carbocycles. The minimum Gasteiger partial charge on any atom is -0.469 e. The van der Waals surface area contributed by atoms with Crippen molar-refractivity contribution in [2.24, 2.45) is 11.8 Å². The number of methoxy groups -OCH3 is 1. The lowest BCUT2D eigenvalue weighted by atomic mass is 9.89. The maximum absolute atomic E-state index is 11.8. The van der Waals surface area contributed by atoms with E-state index in [0.29, 0.717) is 12.3 Å². The maximum atomic E-state index is 11.8. The molecule has 1 aromatic heterocycles. The molecule has 2 rings (SSSR count). The number of hydrogen-bond donors (Lipinski definition) is 0. The molecule has 0 fully saturated rings. The van der Waals surface area contributed by atoms with Crippen LogP contribution in [-0.2, 0) is 16.0 Å². The Kier molecular flexibility index (Phi) is 3.88. The van der Waals surface area contributed by atoms with Gasteiger partial charge >= 0.3 is 5.97 Å². The second-order valence-corrected chi connectivity index (χ2v) is 5.11. The third-order valence-corrected chi connectivity index (χ3v) is 3.32. The van der Waals surface area contributed by atoms with Gasteiger partial charge in [-0.25, -0.2) is 4.98 Å². The van der Waals surface area contributed by atoms with Gasteiger partial charge in [-0.2, -0.15) is 0 Å². The number of hydrogen-bond acceptors (Lipinski definition) is 4. The summed E-state index contributed by atoms with van der Waals surface area (Å²) >= 11 is 0. The molecule has 1 atom stereocenters. The average molecular weight is 261 g/mol. The Hall–Kier alpha value is -1.84. The standard InChI is InChI=1S/C15H19NO3/c1-9(2)12(15(17)18-4)7-11-5-6-14-13(8-11)16-10(3)19-14/h5-6,8-9,12H,7H2,1-4H3. The van der Waals surface area contributed by atoms with Gasteiger partial charge in [-0.3, -0.25) is 4.79 Å². The maximum Gasteiger partial charge on any atom is 0.309 e. The van der Waals surface area contributed by atoms with Gasteiger partial charge < -0.3 is 9.15 Å². The molecule has 0 N–H and O–H groups in total. The van der Waals surface area contributed by atoms with Crippen LogP contribution in [0.25, 0.3) is 11.1 Å². The van der Waals surface area contributed by atoms with E-state index in [4.69, 9.17) is 9.15 Å². The molecule has 19 heavy (non-hydrogen) atoms. The first-order valence-corrected chi connectivity index (χ1v) is 6.45. The van der Waals surface area contributed by atoms with Gasteiger partial charge in [0.05, 0.1) is 13.0 Å². The SMILES string of the molecule is COC(=O)C(Cc1ccc2oc(C)nc2c1)C(C)C. The molecular formula is C15H19NO3. The van der Waals surface area contributed by atoms with Crippen molar-refractivity contribution in [3.05, 3.63) is 29.7 Å². The lowest BCUT2D eigenvalue weighted by Crippen LogP contribution is -2.23. The van der Waals surface area contributed by atoms with Gasteiger partial charge in [0, 0.05) is 6.92 Å². The predicted molar refractivity (Wildman–Crippen MR) is 72.8 cm³/mol. The molecule has 0 saturated heterocycles. The number of fused-ring (bicyclic) bond motifs is 1. The summed E-state index contributed by atoms with van der Waals surface area (Å²) in [6.45, 7) is 5.88. The van der Waals surface area contributed by atoms with E-state index in [-0.39, 0.29) is 17.8 Å². The first kappa shape index (κ1) is 13.6. The fraction of sp³-hybridized carbons (Fsp3) is 0.467. The molecular weight excluding hydrogens is 242 g/mol. The van der Waals surface area contributed by atoms with Crippen molar-refractivity contribution < 1.29 is 13.9 Å². The van der Waals surface area contributed by atoms with E-state index in [2.05, 4.69) is 4.98 Å². The summed E-state index contributed by atoms with van der Waals surface area (Å²) in [4.78, 5) is 16.1. The molecule has 4 heteroatoms. The monoisotopic (exact) mass is 261 g/mol. The molecule has 102 valence electrons. The number of esters is 1. The largest absolute Gasteiger partial charge is 0.469 e. The van der Waals surface area contributed by atoms with E-state index >= 15 is 0 Å². The van der Waals surface area contributed by atoms with Crippen molar-refractivity contribution in [2.75, 3.05) is 7.11 Å². The van der Waals surface area contributed by atoms with Crippen molar-refractivity contribution in [3.8, 4) is 0 Å². The zero-order valence-electron chi connectivity index (χ0n) is 11.8. The number of ether oxygens (including phenoxy) is 1. The van der Waals surface area contributed by atoms with Crippen LogP contribution < -0.4 is 0 Å². The van der Waals surface area contributed by atoms with E-state index in [9.17, 15) is 4.79 Å². The summed E-state index contributed by atoms with van der Waals surface area (Å²) in [6, 6.07) is 5.86. The fourth-order valence-corrected chi connectivity index (χ4v) is 2.21. The van der Waals surface area contributed by atoms with Crippen molar-refractivity contribution in [3.63, 3.8) is 0 Å². The third kappa shape index (κ3) is 2.95. The first-order chi connectivity index (χ1) is 9.01. The predicted octanol–water partition coefficient (Wildman–Crippen LogP) is 3.12. The Morgan fingerprint density at radius 2 is 2.16 bits per heavy atom. The molecule has 2 aromatic rings. The van der Waals surface area contributed by atoms with Gasteiger partial charge in [-0.05, 0) is 30.0 Å². The number of rotatable bonds is 4. The summed E-state index contributed by atoms with van der Waals surface area (Å²) in [6.07, 6.45) is 0.659. The quantitative estimate of drug-likeness (QED) is 0.793. The molecule has 0 aliphatic carbocycles. The van der Waals surface area contributed by atoms with Crippen LogP contribution in [0.5, 0.6) is 0 Å². The van der Waals surface area contributed by atoms with Crippen molar-refractivity contribution in [1.29, 1.82) is 0 Å². The third-order valence-electron chi connectivity index (χ3n) is 3.32. The topological polar surface area (TPSA) is 52.3 Å². The highest BCUT2D eigenvalue weighted by atomic mass is 16.5. The van der Waals surface area contributed by atoms with Gasteiger partial charge in [0.15, 0.2) is 11.5 Å². The smallest absolute Gasteiger partial charge is 0.309 e. The van der Waals surface area contributed by atoms with E-state index in [1.165, 1.54) is 7.11 Å². The van der Waals surface area contributed by atoms with Gasteiger partial charge in [-0.1, -0.05) is 19.9 Å². The number of carbonyl (C=O) groups is 1. The number of aromatic nitrogens is 1. The van der Waals surface area contributed by atoms with Crippen LogP contribution >= 0.6 is 0 Å². The minimum atomic E-state index is -0.161. The van der Waals surface area contributed by atoms with Crippen LogP contribution in [0.1, 0.15) is 25.3 Å². The van der Waals surface area contributed by atoms with E-state index in [1.807, 2.05) is 39.0 Å². The molecule has 0 saturated carbocycles. The number of oxazole rings is 1. The highest BCUT2D eigenvalue weighted by Gasteiger charge is 2.23. The summed E-state index contributed by atoms with van der Waals surface area (Å²) in [5, 5.41) is 0. The molecule has 0 aliphatic rings. The van der Waals surface area contributed by atoms with E-state index < -0.39 is 0 Å². The lowest BCUT2D eigenvalue weighted by Gasteiger charge is -2.18. The van der Waals surface area contributed by atoms with Crippen LogP contribution in [0.4, 0.5) is 0 Å². The minimum absolute atomic E-state index is 0.129. The van der Waals surface area contributed by atoms with Crippen LogP contribution in [0.3, 0.4) is 0 Å². The molecule has 0 amide bonds. The number of carbonyl (C=O) groups excluding carboxylic acids is 1. The second kappa shape index (κ2) is 5.43. The number of nitrogens with zero attached hydrogens (tertiary/aromatic N) is 1. The Morgan fingerprint density at radius 3 is 2.79 bits per heavy atom. The van der Waals surface area contributed by atoms with E-state index in [0.717, 1.165) is 16.7 Å². The number of aryl methyl sites for hydroxylation is 1. The summed E-state index contributed by atoms with van der Waals surface area (Å²) in [7, 11) is 1.43. The Morgan fingerprint density at radius 1 is 1.42 bits per heavy atom. The molecule has 0 spiro atoms. The molecule has 1 unspecified atom stereocenters. The second-order valence-electron chi connectivity index (χ2n) is 5.11. The van der Waals surface area contributed by atoms with Crippen LogP contribution in [0.15, 0.2) is 22.6 Å². The molecule has 0 radical (unpaired) electrons. The Bertz CT molecular complexity index is 586. The van der Waals surface area contributed by atoms with Crippen LogP contribution in [-0.4, -0.2) is 18.1 Å². The van der Waals surface area contributed by atoms with Gasteiger partial charge in [0.2, 0.25) is 0 Å². The van der Waals surface area contributed by atoms with Crippen molar-refractivity contribution in [1.82, 2.24) is 4.98 Å². The molecule has 0 aliphatic heterocycles. The molecule has 4 nitrogen and oxygen atoms in total. The Labute approximate surface area is 112 Å². The molecule has 0 bridgehead atoms. The normalized spacial score (nSPS) is 12.9. The zero-order valence-corrected chi connectivity index (χ0v) is 11.8. The fourth-order valence-electron chi connectivity index (χ4n) is 2.21. The van der Waals surface area contributed by atoms with Crippen molar-refractivity contribution >= 4 is 17.1 Å². The zero-order chi connectivity index (χ0) is 14.0. The van der Waals surface area contributed by atoms with Crippen LogP contribution in [0, 0.1) is 18.8 Å². The molecule has 1 heterocycles. The first-order valence-electron chi connectivity index (χ1n) is 6.45. The van der Waals surface area contributed by atoms with E-state index in [1.54, 1.807) is 0 Å². The highest BCUT2D eigenvalue weighted by Crippen LogP contribution is 2.22. The highest BCUT2D eigenvalue weighted by molar-refractivity contribution is 5.75. The summed E-state index contributed by atoms with van der Waals surface area (Å²) < 4.78 is 10.3. The van der Waals surface area contributed by atoms with Gasteiger partial charge in [0.1, 0.15) is 5.52 Å². The summed E-state index contributed by atoms with van der Waals surface area (Å²) in [5.41, 5.74) is 2.69. The lowest BCUT2D eigenvalue weighted by molar-refractivity contribution is -0.146. The number of benzene rings is 1. The Balaban J connectivity index is 2.25. The summed E-state index contributed by atoms with van der Waals surface area (Å²) in [5.74, 6) is 0.601. The van der Waals surface area contributed by atoms with Gasteiger partial charge in [0.25, 0.3) is 0 Å². The van der Waals surface area contributed by atoms with Crippen molar-refractivity contribution in [2.45, 2.75) is 27.2 Å². The average Bonchev–Trinajstić information content (AvgIpc) is 2.73.